The van der Waals surface area contributed by atoms with Gasteiger partial charge in [-0.2, -0.15) is 0 Å². The smallest absolute Gasteiger partial charge is 0.119 e. The van der Waals surface area contributed by atoms with E-state index in [0.29, 0.717) is 12.5 Å². The fourth-order valence-corrected chi connectivity index (χ4v) is 2.32. The topological polar surface area (TPSA) is 30.5 Å². The molecule has 22 heavy (non-hydrogen) atoms. The summed E-state index contributed by atoms with van der Waals surface area (Å²) >= 11 is 0. The van der Waals surface area contributed by atoms with Crippen LogP contribution in [0.4, 0.5) is 5.69 Å². The predicted octanol–water partition coefficient (Wildman–Crippen LogP) is 4.70. The molecule has 0 bridgehead atoms. The van der Waals surface area contributed by atoms with Crippen molar-refractivity contribution in [2.75, 3.05) is 25.6 Å². The van der Waals surface area contributed by atoms with Gasteiger partial charge in [-0.15, -0.1) is 0 Å². The van der Waals surface area contributed by atoms with Gasteiger partial charge in [-0.1, -0.05) is 32.0 Å². The molecule has 0 aromatic heterocycles. The van der Waals surface area contributed by atoms with Crippen molar-refractivity contribution in [1.29, 1.82) is 0 Å². The van der Waals surface area contributed by atoms with E-state index >= 15 is 0 Å². The maximum atomic E-state index is 5.73. The number of hydrogen-bond acceptors (Lipinski definition) is 3. The van der Waals surface area contributed by atoms with E-state index in [-0.39, 0.29) is 0 Å². The van der Waals surface area contributed by atoms with Crippen molar-refractivity contribution in [3.63, 3.8) is 0 Å². The van der Waals surface area contributed by atoms with E-state index in [0.717, 1.165) is 24.5 Å². The second-order valence-corrected chi connectivity index (χ2v) is 5.55. The van der Waals surface area contributed by atoms with E-state index in [4.69, 9.17) is 9.47 Å². The molecule has 0 radical (unpaired) electrons. The van der Waals surface area contributed by atoms with E-state index in [2.05, 4.69) is 43.4 Å². The van der Waals surface area contributed by atoms with Gasteiger partial charge in [-0.3, -0.25) is 0 Å². The van der Waals surface area contributed by atoms with E-state index in [1.54, 1.807) is 7.11 Å². The summed E-state index contributed by atoms with van der Waals surface area (Å²) in [6.45, 7) is 6.03. The summed E-state index contributed by atoms with van der Waals surface area (Å²) in [7, 11) is 1.66. The van der Waals surface area contributed by atoms with Crippen LogP contribution in [0.2, 0.25) is 0 Å². The van der Waals surface area contributed by atoms with Crippen LogP contribution in [0.15, 0.2) is 48.5 Å². The summed E-state index contributed by atoms with van der Waals surface area (Å²) in [5, 5.41) is 3.50. The Morgan fingerprint density at radius 1 is 0.955 bits per heavy atom. The first kappa shape index (κ1) is 16.2. The van der Waals surface area contributed by atoms with Crippen LogP contribution in [0.25, 0.3) is 0 Å². The number of rotatable bonds is 8. The number of ether oxygens (including phenoxy) is 2. The van der Waals surface area contributed by atoms with Crippen molar-refractivity contribution in [2.24, 2.45) is 0 Å². The first-order valence-corrected chi connectivity index (χ1v) is 7.80. The first-order valence-electron chi connectivity index (χ1n) is 7.80. The molecule has 1 N–H and O–H groups in total. The number of para-hydroxylation sites is 1. The second-order valence-electron chi connectivity index (χ2n) is 5.55. The minimum absolute atomic E-state index is 0.527. The van der Waals surface area contributed by atoms with Gasteiger partial charge in [-0.25, -0.2) is 0 Å². The molecule has 3 nitrogen and oxygen atoms in total. The van der Waals surface area contributed by atoms with Gasteiger partial charge >= 0.3 is 0 Å². The number of anilines is 1. The van der Waals surface area contributed by atoms with Gasteiger partial charge in [0.2, 0.25) is 0 Å². The Labute approximate surface area is 133 Å². The van der Waals surface area contributed by atoms with Crippen molar-refractivity contribution in [3.8, 4) is 11.5 Å². The van der Waals surface area contributed by atoms with Crippen molar-refractivity contribution in [3.05, 3.63) is 54.1 Å². The number of benzene rings is 2. The third kappa shape index (κ3) is 4.69. The zero-order valence-corrected chi connectivity index (χ0v) is 13.6. The molecule has 0 spiro atoms. The van der Waals surface area contributed by atoms with Gasteiger partial charge in [-0.05, 0) is 48.2 Å². The third-order valence-corrected chi connectivity index (χ3v) is 3.55. The van der Waals surface area contributed by atoms with Crippen LogP contribution in [-0.2, 0) is 0 Å². The van der Waals surface area contributed by atoms with Gasteiger partial charge in [0, 0.05) is 12.2 Å². The van der Waals surface area contributed by atoms with E-state index in [9.17, 15) is 0 Å². The van der Waals surface area contributed by atoms with Crippen molar-refractivity contribution in [1.82, 2.24) is 0 Å². The van der Waals surface area contributed by atoms with Crippen LogP contribution in [0.1, 0.15) is 31.7 Å². The predicted molar refractivity (Wildman–Crippen MR) is 92.1 cm³/mol. The second kappa shape index (κ2) is 8.32. The Bertz CT molecular complexity index is 564. The lowest BCUT2D eigenvalue weighted by molar-refractivity contribution is 0.314. The average Bonchev–Trinajstić information content (AvgIpc) is 2.55. The fourth-order valence-electron chi connectivity index (χ4n) is 2.32. The van der Waals surface area contributed by atoms with Crippen LogP contribution in [0, 0.1) is 0 Å². The van der Waals surface area contributed by atoms with Crippen LogP contribution in [0.5, 0.6) is 11.5 Å². The molecule has 2 aromatic rings. The zero-order chi connectivity index (χ0) is 15.8. The Morgan fingerprint density at radius 2 is 1.64 bits per heavy atom. The molecule has 0 aliphatic carbocycles. The third-order valence-electron chi connectivity index (χ3n) is 3.55. The quantitative estimate of drug-likeness (QED) is 0.717. The Kier molecular flexibility index (Phi) is 6.13. The molecule has 0 heterocycles. The summed E-state index contributed by atoms with van der Waals surface area (Å²) in [6.07, 6.45) is 0.957. The molecule has 0 saturated carbocycles. The molecular weight excluding hydrogens is 274 g/mol. The molecule has 3 heteroatoms. The van der Waals surface area contributed by atoms with Crippen LogP contribution in [0.3, 0.4) is 0 Å². The number of nitrogens with one attached hydrogen (secondary N) is 1. The highest BCUT2D eigenvalue weighted by molar-refractivity contribution is 5.52. The Balaban J connectivity index is 1.73. The lowest BCUT2D eigenvalue weighted by Gasteiger charge is -2.14. The Hall–Kier alpha value is -2.16. The SMILES string of the molecule is COc1ccc(OCCCNc2ccccc2C(C)C)cc1. The molecule has 118 valence electrons. The number of hydrogen-bond donors (Lipinski definition) is 1. The van der Waals surface area contributed by atoms with Crippen LogP contribution in [-0.4, -0.2) is 20.3 Å². The van der Waals surface area contributed by atoms with E-state index in [1.807, 2.05) is 24.3 Å². The summed E-state index contributed by atoms with van der Waals surface area (Å²) in [5.41, 5.74) is 2.58. The molecule has 0 saturated heterocycles. The van der Waals surface area contributed by atoms with Gasteiger partial charge in [0.15, 0.2) is 0 Å². The zero-order valence-electron chi connectivity index (χ0n) is 13.6. The maximum absolute atomic E-state index is 5.73. The molecule has 0 unspecified atom stereocenters. The van der Waals surface area contributed by atoms with Gasteiger partial charge in [0.05, 0.1) is 13.7 Å². The summed E-state index contributed by atoms with van der Waals surface area (Å²) in [5.74, 6) is 2.25. The van der Waals surface area contributed by atoms with Gasteiger partial charge in [0.25, 0.3) is 0 Å². The molecule has 0 aliphatic heterocycles. The standard InChI is InChI=1S/C19H25NO2/c1-15(2)18-7-4-5-8-19(18)20-13-6-14-22-17-11-9-16(21-3)10-12-17/h4-5,7-12,15,20H,6,13-14H2,1-3H3. The van der Waals surface area contributed by atoms with Crippen molar-refractivity contribution >= 4 is 5.69 Å². The molecule has 0 fully saturated rings. The highest BCUT2D eigenvalue weighted by atomic mass is 16.5. The summed E-state index contributed by atoms with van der Waals surface area (Å²) < 4.78 is 10.9. The van der Waals surface area contributed by atoms with E-state index < -0.39 is 0 Å². The number of methoxy groups -OCH3 is 1. The van der Waals surface area contributed by atoms with E-state index in [1.165, 1.54) is 11.3 Å². The fraction of sp³-hybridized carbons (Fsp3) is 0.368. The highest BCUT2D eigenvalue weighted by Crippen LogP contribution is 2.23. The van der Waals surface area contributed by atoms with Gasteiger partial charge in [0.1, 0.15) is 11.5 Å². The minimum Gasteiger partial charge on any atom is -0.497 e. The van der Waals surface area contributed by atoms with Crippen LogP contribution < -0.4 is 14.8 Å². The molecule has 0 amide bonds. The van der Waals surface area contributed by atoms with Crippen molar-refractivity contribution < 1.29 is 9.47 Å². The lowest BCUT2D eigenvalue weighted by Crippen LogP contribution is -2.09. The maximum Gasteiger partial charge on any atom is 0.119 e. The normalized spacial score (nSPS) is 10.5. The minimum atomic E-state index is 0.527. The Morgan fingerprint density at radius 3 is 2.32 bits per heavy atom. The molecular formula is C19H25NO2. The first-order chi connectivity index (χ1) is 10.7. The van der Waals surface area contributed by atoms with Crippen molar-refractivity contribution in [2.45, 2.75) is 26.2 Å². The summed E-state index contributed by atoms with van der Waals surface area (Å²) in [6, 6.07) is 16.2. The highest BCUT2D eigenvalue weighted by Gasteiger charge is 2.04. The van der Waals surface area contributed by atoms with Crippen LogP contribution >= 0.6 is 0 Å². The molecule has 2 rings (SSSR count). The largest absolute Gasteiger partial charge is 0.497 e. The summed E-state index contributed by atoms with van der Waals surface area (Å²) in [4.78, 5) is 0. The van der Waals surface area contributed by atoms with Gasteiger partial charge < -0.3 is 14.8 Å². The molecule has 2 aromatic carbocycles. The molecule has 0 aliphatic rings. The molecule has 0 atom stereocenters. The monoisotopic (exact) mass is 299 g/mol. The lowest BCUT2D eigenvalue weighted by atomic mass is 10.0. The average molecular weight is 299 g/mol.